The lowest BCUT2D eigenvalue weighted by Crippen LogP contribution is -2.22. The molecule has 0 nitrogen and oxygen atoms in total. The van der Waals surface area contributed by atoms with E-state index in [1.807, 2.05) is 41.5 Å². The quantitative estimate of drug-likeness (QED) is 0.397. The van der Waals surface area contributed by atoms with Gasteiger partial charge in [0.15, 0.2) is 0 Å². The summed E-state index contributed by atoms with van der Waals surface area (Å²) in [6, 6.07) is 9.21. The van der Waals surface area contributed by atoms with Gasteiger partial charge in [0, 0.05) is 0 Å². The van der Waals surface area contributed by atoms with Crippen molar-refractivity contribution in [3.05, 3.63) is 29.8 Å². The smallest absolute Gasteiger partial charge is 0.0150 e. The van der Waals surface area contributed by atoms with Gasteiger partial charge in [0.05, 0.1) is 0 Å². The fourth-order valence-corrected chi connectivity index (χ4v) is 7.64. The Morgan fingerprint density at radius 3 is 1.60 bits per heavy atom. The third-order valence-corrected chi connectivity index (χ3v) is 9.33. The third kappa shape index (κ3) is 11.6. The molecule has 178 valence electrons. The average Bonchev–Trinajstić information content (AvgIpc) is 3.52. The van der Waals surface area contributed by atoms with Gasteiger partial charge in [-0.15, -0.1) is 7.92 Å². The first-order chi connectivity index (χ1) is 14.5. The fraction of sp³-hybridized carbons (Fsp3) is 0.786. The van der Waals surface area contributed by atoms with E-state index < -0.39 is 0 Å². The molecule has 0 aromatic heterocycles. The summed E-state index contributed by atoms with van der Waals surface area (Å²) in [5.74, 6) is 1.68. The van der Waals surface area contributed by atoms with Crippen LogP contribution in [0.5, 0.6) is 0 Å². The van der Waals surface area contributed by atoms with Crippen molar-refractivity contribution in [2.45, 2.75) is 111 Å². The molecular formula is C28H56P2. The molecule has 0 radical (unpaired) electrons. The van der Waals surface area contributed by atoms with E-state index in [9.17, 15) is 0 Å². The highest BCUT2D eigenvalue weighted by atomic mass is 31.1. The van der Waals surface area contributed by atoms with Gasteiger partial charge in [0.2, 0.25) is 0 Å². The molecule has 0 aliphatic heterocycles. The summed E-state index contributed by atoms with van der Waals surface area (Å²) in [6.07, 6.45) is 11.9. The Labute approximate surface area is 194 Å². The van der Waals surface area contributed by atoms with Crippen molar-refractivity contribution in [3.8, 4) is 0 Å². The highest BCUT2D eigenvalue weighted by molar-refractivity contribution is 7.64. The fourth-order valence-electron chi connectivity index (χ4n) is 4.59. The lowest BCUT2D eigenvalue weighted by Gasteiger charge is -2.31. The SMILES string of the molecule is C1CCCC1.CC.CC.CC.C[C@H](c1ccccc1P(C)C)C1CCCC1P(C)C. The summed E-state index contributed by atoms with van der Waals surface area (Å²) in [7, 11) is 0.229. The van der Waals surface area contributed by atoms with E-state index in [2.05, 4.69) is 57.8 Å². The predicted octanol–water partition coefficient (Wildman–Crippen LogP) is 10.1. The zero-order valence-corrected chi connectivity index (χ0v) is 24.4. The van der Waals surface area contributed by atoms with Crippen LogP contribution in [0, 0.1) is 5.92 Å². The van der Waals surface area contributed by atoms with Gasteiger partial charge < -0.3 is 0 Å². The standard InChI is InChI=1S/C17H28P2.C5H10.3C2H6/c1-13(15-10-8-12-17(15)19(4)5)14-9-6-7-11-16(14)18(2)3;1-2-4-5-3-1;3*1-2/h6-7,9,11,13,15,17H,8,10,12H2,1-5H3;1-5H2;3*1-2H3/t13-,15?,17?;;;;/m1..../s1. The number of hydrogen-bond acceptors (Lipinski definition) is 0. The van der Waals surface area contributed by atoms with Crippen molar-refractivity contribution in [2.24, 2.45) is 5.92 Å². The second kappa shape index (κ2) is 21.0. The van der Waals surface area contributed by atoms with Crippen LogP contribution in [0.2, 0.25) is 0 Å². The van der Waals surface area contributed by atoms with Crippen molar-refractivity contribution in [1.82, 2.24) is 0 Å². The third-order valence-electron chi connectivity index (χ3n) is 6.00. The van der Waals surface area contributed by atoms with Gasteiger partial charge in [-0.25, -0.2) is 0 Å². The molecule has 2 aliphatic rings. The number of hydrogen-bond donors (Lipinski definition) is 0. The Hall–Kier alpha value is 0.0800. The van der Waals surface area contributed by atoms with Crippen molar-refractivity contribution >= 4 is 21.1 Å². The molecule has 1 aromatic rings. The van der Waals surface area contributed by atoms with Crippen LogP contribution >= 0.6 is 15.8 Å². The normalized spacial score (nSPS) is 20.6. The van der Waals surface area contributed by atoms with Gasteiger partial charge in [-0.3, -0.25) is 0 Å². The molecular weight excluding hydrogens is 398 g/mol. The average molecular weight is 455 g/mol. The molecule has 2 heteroatoms. The molecule has 3 rings (SSSR count). The minimum Gasteiger partial charge on any atom is -0.110 e. The summed E-state index contributed by atoms with van der Waals surface area (Å²) in [6.45, 7) is 24.2. The molecule has 3 atom stereocenters. The van der Waals surface area contributed by atoms with Gasteiger partial charge in [-0.05, 0) is 67.9 Å². The van der Waals surface area contributed by atoms with Gasteiger partial charge in [0.25, 0.3) is 0 Å². The molecule has 0 heterocycles. The maximum Gasteiger partial charge on any atom is -0.0150 e. The van der Waals surface area contributed by atoms with Crippen LogP contribution < -0.4 is 5.30 Å². The van der Waals surface area contributed by atoms with Crippen LogP contribution in [0.25, 0.3) is 0 Å². The Balaban J connectivity index is 0. The zero-order chi connectivity index (χ0) is 23.5. The molecule has 0 N–H and O–H groups in total. The second-order valence-corrected chi connectivity index (χ2v) is 13.0. The summed E-state index contributed by atoms with van der Waals surface area (Å²) in [5, 5.41) is 1.63. The summed E-state index contributed by atoms with van der Waals surface area (Å²) < 4.78 is 0. The highest BCUT2D eigenvalue weighted by Crippen LogP contribution is 2.51. The van der Waals surface area contributed by atoms with Crippen LogP contribution in [0.15, 0.2) is 24.3 Å². The van der Waals surface area contributed by atoms with E-state index in [-0.39, 0.29) is 15.8 Å². The van der Waals surface area contributed by atoms with Crippen molar-refractivity contribution in [1.29, 1.82) is 0 Å². The molecule has 2 aliphatic carbocycles. The molecule has 2 unspecified atom stereocenters. The monoisotopic (exact) mass is 454 g/mol. The molecule has 0 bridgehead atoms. The van der Waals surface area contributed by atoms with E-state index in [4.69, 9.17) is 0 Å². The maximum absolute atomic E-state index is 2.49. The van der Waals surface area contributed by atoms with E-state index in [0.717, 1.165) is 17.5 Å². The van der Waals surface area contributed by atoms with Crippen molar-refractivity contribution < 1.29 is 0 Å². The van der Waals surface area contributed by atoms with Gasteiger partial charge >= 0.3 is 0 Å². The summed E-state index contributed by atoms with van der Waals surface area (Å²) >= 11 is 0. The van der Waals surface area contributed by atoms with Crippen molar-refractivity contribution in [2.75, 3.05) is 26.7 Å². The van der Waals surface area contributed by atoms with Crippen LogP contribution in [0.1, 0.15) is 111 Å². The van der Waals surface area contributed by atoms with E-state index in [1.54, 1.807) is 10.9 Å². The number of benzene rings is 1. The van der Waals surface area contributed by atoms with Gasteiger partial charge in [-0.2, -0.15) is 0 Å². The molecule has 0 saturated heterocycles. The van der Waals surface area contributed by atoms with Crippen molar-refractivity contribution in [3.63, 3.8) is 0 Å². The lowest BCUT2D eigenvalue weighted by molar-refractivity contribution is 0.468. The Morgan fingerprint density at radius 2 is 1.17 bits per heavy atom. The van der Waals surface area contributed by atoms with E-state index >= 15 is 0 Å². The topological polar surface area (TPSA) is 0 Å². The molecule has 2 fully saturated rings. The first-order valence-corrected chi connectivity index (χ1v) is 17.5. The molecule has 0 amide bonds. The second-order valence-electron chi connectivity index (χ2n) is 8.14. The zero-order valence-electron chi connectivity index (χ0n) is 22.6. The minimum atomic E-state index is 0.0125. The largest absolute Gasteiger partial charge is 0.110 e. The van der Waals surface area contributed by atoms with Crippen LogP contribution in [0.3, 0.4) is 0 Å². The molecule has 30 heavy (non-hydrogen) atoms. The van der Waals surface area contributed by atoms with Crippen LogP contribution in [0.4, 0.5) is 0 Å². The highest BCUT2D eigenvalue weighted by Gasteiger charge is 2.34. The van der Waals surface area contributed by atoms with Gasteiger partial charge in [-0.1, -0.05) is 119 Å². The van der Waals surface area contributed by atoms with Crippen LogP contribution in [-0.2, 0) is 0 Å². The minimum absolute atomic E-state index is 0.0125. The molecule has 2 saturated carbocycles. The Bertz CT molecular complexity index is 470. The van der Waals surface area contributed by atoms with E-state index in [1.165, 1.54) is 51.4 Å². The van der Waals surface area contributed by atoms with Crippen LogP contribution in [-0.4, -0.2) is 32.3 Å². The predicted molar refractivity (Wildman–Crippen MR) is 150 cm³/mol. The first-order valence-electron chi connectivity index (χ1n) is 12.9. The Kier molecular flexibility index (Phi) is 22.5. The lowest BCUT2D eigenvalue weighted by atomic mass is 9.86. The van der Waals surface area contributed by atoms with E-state index in [0.29, 0.717) is 0 Å². The Morgan fingerprint density at radius 1 is 0.700 bits per heavy atom. The summed E-state index contributed by atoms with van der Waals surface area (Å²) in [5.41, 5.74) is 2.64. The molecule has 0 spiro atoms. The first kappa shape index (κ1) is 32.3. The van der Waals surface area contributed by atoms with Gasteiger partial charge in [0.1, 0.15) is 0 Å². The number of rotatable bonds is 4. The summed E-state index contributed by atoms with van der Waals surface area (Å²) in [4.78, 5) is 0. The molecule has 1 aromatic carbocycles. The maximum atomic E-state index is 2.49.